The zero-order valence-corrected chi connectivity index (χ0v) is 16.6. The van der Waals surface area contributed by atoms with Gasteiger partial charge < -0.3 is 10.1 Å². The number of hydrogen-bond donors (Lipinski definition) is 2. The molecule has 4 rings (SSSR count). The molecule has 3 aromatic heterocycles. The van der Waals surface area contributed by atoms with Crippen LogP contribution >= 0.6 is 0 Å². The van der Waals surface area contributed by atoms with E-state index in [9.17, 15) is 22.0 Å². The molecule has 1 aromatic carbocycles. The summed E-state index contributed by atoms with van der Waals surface area (Å²) in [6.07, 6.45) is 6.68. The van der Waals surface area contributed by atoms with Gasteiger partial charge in [0, 0.05) is 24.2 Å². The molecule has 0 radical (unpaired) electrons. The van der Waals surface area contributed by atoms with Gasteiger partial charge in [-0.25, -0.2) is 17.9 Å². The molecule has 0 fully saturated rings. The van der Waals surface area contributed by atoms with Crippen molar-refractivity contribution in [2.24, 2.45) is 0 Å². The Labute approximate surface area is 173 Å². The molecule has 0 saturated carbocycles. The van der Waals surface area contributed by atoms with Crippen molar-refractivity contribution in [1.82, 2.24) is 24.8 Å². The van der Waals surface area contributed by atoms with Crippen molar-refractivity contribution in [1.29, 1.82) is 0 Å². The molecule has 2 N–H and O–H groups in total. The van der Waals surface area contributed by atoms with Crippen molar-refractivity contribution in [3.63, 3.8) is 0 Å². The molecule has 13 heteroatoms. The first-order valence-corrected chi connectivity index (χ1v) is 10.6. The Hall–Kier alpha value is -3.87. The summed E-state index contributed by atoms with van der Waals surface area (Å²) in [5.41, 5.74) is 0.658. The van der Waals surface area contributed by atoms with E-state index in [1.165, 1.54) is 23.1 Å². The number of carbonyl (C=O) groups excluding carboxylic acids is 1. The smallest absolute Gasteiger partial charge is 0.387 e. The van der Waals surface area contributed by atoms with Crippen LogP contribution in [0.15, 0.2) is 53.9 Å². The fourth-order valence-electron chi connectivity index (χ4n) is 2.90. The van der Waals surface area contributed by atoms with E-state index in [0.717, 1.165) is 24.5 Å². The molecule has 4 aromatic rings. The lowest BCUT2D eigenvalue weighted by molar-refractivity contribution is -0.0494. The summed E-state index contributed by atoms with van der Waals surface area (Å²) in [4.78, 5) is 16.7. The number of aromatic amines is 1. The number of fused-ring (bicyclic) bond motifs is 1. The predicted octanol–water partition coefficient (Wildman–Crippen LogP) is 2.38. The molecular weight excluding hydrogens is 434 g/mol. The quantitative estimate of drug-likeness (QED) is 0.463. The van der Waals surface area contributed by atoms with Crippen molar-refractivity contribution in [2.75, 3.05) is 11.6 Å². The van der Waals surface area contributed by atoms with Crippen molar-refractivity contribution in [3.8, 4) is 17.0 Å². The van der Waals surface area contributed by atoms with E-state index in [1.54, 1.807) is 12.3 Å². The van der Waals surface area contributed by atoms with Gasteiger partial charge in [-0.15, -0.1) is 0 Å². The molecule has 0 aliphatic carbocycles. The van der Waals surface area contributed by atoms with Crippen LogP contribution < -0.4 is 10.1 Å². The van der Waals surface area contributed by atoms with Crippen LogP contribution in [0, 0.1) is 0 Å². The lowest BCUT2D eigenvalue weighted by atomic mass is 10.1. The summed E-state index contributed by atoms with van der Waals surface area (Å²) < 4.78 is 55.5. The van der Waals surface area contributed by atoms with Gasteiger partial charge in [-0.2, -0.15) is 19.0 Å². The Morgan fingerprint density at radius 3 is 2.84 bits per heavy atom. The molecule has 31 heavy (non-hydrogen) atoms. The third-order valence-corrected chi connectivity index (χ3v) is 5.39. The van der Waals surface area contributed by atoms with E-state index in [-0.39, 0.29) is 33.2 Å². The molecule has 0 unspecified atom stereocenters. The van der Waals surface area contributed by atoms with Crippen LogP contribution in [0.4, 0.5) is 14.5 Å². The molecule has 160 valence electrons. The van der Waals surface area contributed by atoms with Crippen molar-refractivity contribution >= 4 is 27.1 Å². The summed E-state index contributed by atoms with van der Waals surface area (Å²) in [6, 6.07) is 5.07. The monoisotopic (exact) mass is 448 g/mol. The Balaban J connectivity index is 1.74. The number of hydrogen-bond acceptors (Lipinski definition) is 7. The molecule has 0 atom stereocenters. The number of H-pyrrole nitrogens is 1. The molecule has 1 amide bonds. The van der Waals surface area contributed by atoms with E-state index in [1.807, 2.05) is 0 Å². The van der Waals surface area contributed by atoms with Gasteiger partial charge in [-0.3, -0.25) is 9.89 Å². The largest absolute Gasteiger partial charge is 0.434 e. The van der Waals surface area contributed by atoms with Crippen LogP contribution in [0.1, 0.15) is 10.4 Å². The maximum Gasteiger partial charge on any atom is 0.387 e. The summed E-state index contributed by atoms with van der Waals surface area (Å²) in [5.74, 6) is -0.869. The van der Waals surface area contributed by atoms with Crippen LogP contribution in [-0.4, -0.2) is 52.0 Å². The highest BCUT2D eigenvalue weighted by molar-refractivity contribution is 7.90. The summed E-state index contributed by atoms with van der Waals surface area (Å²) in [6.45, 7) is -3.14. The van der Waals surface area contributed by atoms with Crippen LogP contribution in [0.3, 0.4) is 0 Å². The fraction of sp³-hybridized carbons (Fsp3) is 0.111. The van der Waals surface area contributed by atoms with E-state index in [4.69, 9.17) is 0 Å². The first kappa shape index (κ1) is 20.4. The van der Waals surface area contributed by atoms with Crippen molar-refractivity contribution in [2.45, 2.75) is 11.5 Å². The molecule has 0 saturated heterocycles. The number of nitrogens with one attached hydrogen (secondary N) is 2. The number of nitrogens with zero attached hydrogens (tertiary/aromatic N) is 4. The molecule has 0 aliphatic heterocycles. The van der Waals surface area contributed by atoms with Crippen molar-refractivity contribution < 1.29 is 26.7 Å². The fourth-order valence-corrected chi connectivity index (χ4v) is 3.54. The number of benzene rings is 1. The van der Waals surface area contributed by atoms with Gasteiger partial charge in [-0.1, -0.05) is 0 Å². The van der Waals surface area contributed by atoms with Crippen LogP contribution in [0.5, 0.6) is 5.75 Å². The zero-order valence-electron chi connectivity index (χ0n) is 15.8. The van der Waals surface area contributed by atoms with Crippen LogP contribution in [0.2, 0.25) is 0 Å². The first-order valence-electron chi connectivity index (χ1n) is 8.66. The topological polar surface area (TPSA) is 131 Å². The molecule has 0 spiro atoms. The number of ether oxygens (including phenoxy) is 1. The molecule has 0 aliphatic rings. The highest BCUT2D eigenvalue weighted by Gasteiger charge is 2.21. The first-order chi connectivity index (χ1) is 14.7. The average Bonchev–Trinajstić information content (AvgIpc) is 3.34. The normalized spacial score (nSPS) is 11.7. The van der Waals surface area contributed by atoms with Gasteiger partial charge in [0.1, 0.15) is 11.3 Å². The minimum atomic E-state index is -3.64. The zero-order chi connectivity index (χ0) is 22.2. The van der Waals surface area contributed by atoms with Crippen LogP contribution in [0.25, 0.3) is 16.9 Å². The average molecular weight is 448 g/mol. The Bertz CT molecular complexity index is 1380. The van der Waals surface area contributed by atoms with E-state index in [2.05, 4.69) is 30.3 Å². The minimum absolute atomic E-state index is 0.0194. The summed E-state index contributed by atoms with van der Waals surface area (Å²) >= 11 is 0. The maximum absolute atomic E-state index is 12.9. The van der Waals surface area contributed by atoms with Gasteiger partial charge in [-0.05, 0) is 24.3 Å². The third-order valence-electron chi connectivity index (χ3n) is 4.28. The van der Waals surface area contributed by atoms with Gasteiger partial charge >= 0.3 is 6.61 Å². The molecular formula is C18H14F2N6O4S. The van der Waals surface area contributed by atoms with Gasteiger partial charge in [0.05, 0.1) is 28.7 Å². The second kappa shape index (κ2) is 7.75. The van der Waals surface area contributed by atoms with Crippen LogP contribution in [-0.2, 0) is 9.84 Å². The van der Waals surface area contributed by atoms with E-state index >= 15 is 0 Å². The second-order valence-electron chi connectivity index (χ2n) is 6.37. The number of sulfone groups is 1. The van der Waals surface area contributed by atoms with E-state index in [0.29, 0.717) is 5.65 Å². The second-order valence-corrected chi connectivity index (χ2v) is 8.38. The number of carbonyl (C=O) groups is 1. The molecule has 10 nitrogen and oxygen atoms in total. The van der Waals surface area contributed by atoms with Crippen molar-refractivity contribution in [3.05, 3.63) is 54.6 Å². The van der Waals surface area contributed by atoms with Gasteiger partial charge in [0.2, 0.25) is 0 Å². The Kier molecular flexibility index (Phi) is 5.10. The van der Waals surface area contributed by atoms with E-state index < -0.39 is 22.4 Å². The number of anilines is 1. The number of amides is 1. The predicted molar refractivity (Wildman–Crippen MR) is 105 cm³/mol. The third kappa shape index (κ3) is 4.07. The minimum Gasteiger partial charge on any atom is -0.434 e. The standard InChI is InChI=1S/C18H14F2N6O4S/c1-31(28,29)10-3-4-14(30-18(19)20)11(7-10)15-13(9-22-25-15)24-17(27)12-8-23-26-6-2-5-21-16(12)26/h2-9,18H,1H3,(H,22,25)(H,24,27). The lowest BCUT2D eigenvalue weighted by Gasteiger charge is -2.13. The summed E-state index contributed by atoms with van der Waals surface area (Å²) in [7, 11) is -3.64. The number of rotatable bonds is 6. The van der Waals surface area contributed by atoms with Gasteiger partial charge in [0.15, 0.2) is 15.5 Å². The lowest BCUT2D eigenvalue weighted by Crippen LogP contribution is -2.12. The number of alkyl halides is 2. The van der Waals surface area contributed by atoms with Gasteiger partial charge in [0.25, 0.3) is 5.91 Å². The highest BCUT2D eigenvalue weighted by atomic mass is 32.2. The number of halogens is 2. The maximum atomic E-state index is 12.9. The SMILES string of the molecule is CS(=O)(=O)c1ccc(OC(F)F)c(-c2[nH]ncc2NC(=O)c2cnn3cccnc23)c1. The summed E-state index contributed by atoms with van der Waals surface area (Å²) in [5, 5.41) is 13.1. The Morgan fingerprint density at radius 1 is 1.29 bits per heavy atom. The number of aromatic nitrogens is 5. The highest BCUT2D eigenvalue weighted by Crippen LogP contribution is 2.36. The molecule has 3 heterocycles. The Morgan fingerprint density at radius 2 is 2.10 bits per heavy atom. The molecule has 0 bridgehead atoms.